The summed E-state index contributed by atoms with van der Waals surface area (Å²) < 4.78 is 32.3. The predicted molar refractivity (Wildman–Crippen MR) is 163 cm³/mol. The maximum atomic E-state index is 13.5. The molecule has 0 saturated carbocycles. The van der Waals surface area contributed by atoms with Gasteiger partial charge in [0.1, 0.15) is 5.75 Å². The van der Waals surface area contributed by atoms with Crippen molar-refractivity contribution in [2.75, 3.05) is 38.2 Å². The number of hydrogen-bond acceptors (Lipinski definition) is 5. The zero-order valence-corrected chi connectivity index (χ0v) is 24.4. The Labute approximate surface area is 243 Å². The van der Waals surface area contributed by atoms with Gasteiger partial charge < -0.3 is 14.5 Å². The van der Waals surface area contributed by atoms with Crippen molar-refractivity contribution in [2.24, 2.45) is 0 Å². The molecule has 0 atom stereocenters. The van der Waals surface area contributed by atoms with E-state index in [1.165, 1.54) is 11.1 Å². The van der Waals surface area contributed by atoms with Crippen LogP contribution < -0.4 is 9.64 Å². The molecule has 0 spiro atoms. The van der Waals surface area contributed by atoms with E-state index in [4.69, 9.17) is 4.74 Å². The lowest BCUT2D eigenvalue weighted by molar-refractivity contribution is 0.0745. The second-order valence-corrected chi connectivity index (χ2v) is 12.5. The normalized spacial score (nSPS) is 13.7. The zero-order valence-electron chi connectivity index (χ0n) is 23.6. The van der Waals surface area contributed by atoms with Crippen LogP contribution >= 0.6 is 0 Å². The van der Waals surface area contributed by atoms with Crippen LogP contribution in [0.15, 0.2) is 102 Å². The Morgan fingerprint density at radius 2 is 1.37 bits per heavy atom. The number of benzene rings is 4. The summed E-state index contributed by atoms with van der Waals surface area (Å²) in [5, 5.41) is 0. The molecule has 212 valence electrons. The van der Waals surface area contributed by atoms with Crippen LogP contribution in [0.2, 0.25) is 0 Å². The highest BCUT2D eigenvalue weighted by Gasteiger charge is 2.26. The Balaban J connectivity index is 1.23. The number of piperazine rings is 1. The number of ether oxygens (including phenoxy) is 1. The molecule has 5 rings (SSSR count). The van der Waals surface area contributed by atoms with Crippen LogP contribution in [-0.2, 0) is 28.4 Å². The van der Waals surface area contributed by atoms with Gasteiger partial charge in [-0.05, 0) is 66.3 Å². The van der Waals surface area contributed by atoms with Gasteiger partial charge in [-0.25, -0.2) is 8.42 Å². The SMILES string of the molecule is COc1ccccc1N1CCN(C(=O)c2cc(S(=O)(=O)Cc3ccc(CCc4ccccc4)cc3)ccc2C)CC1. The fourth-order valence-electron chi connectivity index (χ4n) is 5.28. The minimum atomic E-state index is -3.63. The number of aryl methyl sites for hydroxylation is 3. The molecule has 7 heteroatoms. The van der Waals surface area contributed by atoms with Gasteiger partial charge in [-0.15, -0.1) is 0 Å². The van der Waals surface area contributed by atoms with E-state index >= 15 is 0 Å². The predicted octanol–water partition coefficient (Wildman–Crippen LogP) is 5.73. The van der Waals surface area contributed by atoms with Crippen molar-refractivity contribution >= 4 is 21.4 Å². The van der Waals surface area contributed by atoms with Crippen LogP contribution in [0.4, 0.5) is 5.69 Å². The highest BCUT2D eigenvalue weighted by molar-refractivity contribution is 7.90. The molecule has 0 bridgehead atoms. The maximum Gasteiger partial charge on any atom is 0.254 e. The summed E-state index contributed by atoms with van der Waals surface area (Å²) >= 11 is 0. The molecule has 1 aliphatic heterocycles. The first kappa shape index (κ1) is 28.4. The molecule has 1 amide bonds. The maximum absolute atomic E-state index is 13.5. The van der Waals surface area contributed by atoms with E-state index in [0.717, 1.165) is 35.4 Å². The molecule has 4 aromatic carbocycles. The van der Waals surface area contributed by atoms with Gasteiger partial charge in [0.25, 0.3) is 5.91 Å². The van der Waals surface area contributed by atoms with E-state index in [1.807, 2.05) is 73.7 Å². The molecular formula is C34H36N2O4S. The van der Waals surface area contributed by atoms with Crippen LogP contribution in [0.1, 0.15) is 32.6 Å². The molecule has 4 aromatic rings. The number of anilines is 1. The van der Waals surface area contributed by atoms with E-state index in [-0.39, 0.29) is 16.6 Å². The Morgan fingerprint density at radius 3 is 2.05 bits per heavy atom. The van der Waals surface area contributed by atoms with Crippen molar-refractivity contribution in [2.45, 2.75) is 30.4 Å². The van der Waals surface area contributed by atoms with Crippen LogP contribution in [0.25, 0.3) is 0 Å². The Morgan fingerprint density at radius 1 is 0.756 bits per heavy atom. The Kier molecular flexibility index (Phi) is 8.74. The Hall–Kier alpha value is -4.10. The summed E-state index contributed by atoms with van der Waals surface area (Å²) in [7, 11) is -1.97. The minimum Gasteiger partial charge on any atom is -0.495 e. The lowest BCUT2D eigenvalue weighted by atomic mass is 10.0. The second-order valence-electron chi connectivity index (χ2n) is 10.5. The average Bonchev–Trinajstić information content (AvgIpc) is 3.01. The van der Waals surface area contributed by atoms with E-state index in [9.17, 15) is 13.2 Å². The summed E-state index contributed by atoms with van der Waals surface area (Å²) in [5.74, 6) is 0.560. The fourth-order valence-corrected chi connectivity index (χ4v) is 6.65. The summed E-state index contributed by atoms with van der Waals surface area (Å²) in [6.45, 7) is 4.28. The number of para-hydroxylation sites is 2. The molecule has 1 heterocycles. The van der Waals surface area contributed by atoms with E-state index in [2.05, 4.69) is 17.0 Å². The second kappa shape index (κ2) is 12.6. The van der Waals surface area contributed by atoms with Crippen molar-refractivity contribution < 1.29 is 17.9 Å². The first-order chi connectivity index (χ1) is 19.8. The number of rotatable bonds is 9. The molecule has 0 unspecified atom stereocenters. The summed E-state index contributed by atoms with van der Waals surface area (Å²) in [6, 6.07) is 30.9. The quantitative estimate of drug-likeness (QED) is 0.258. The lowest BCUT2D eigenvalue weighted by Crippen LogP contribution is -2.49. The van der Waals surface area contributed by atoms with Crippen molar-refractivity contribution in [1.29, 1.82) is 0 Å². The van der Waals surface area contributed by atoms with Gasteiger partial charge in [0.05, 0.1) is 23.4 Å². The summed E-state index contributed by atoms with van der Waals surface area (Å²) in [5.41, 5.74) is 5.40. The van der Waals surface area contributed by atoms with Gasteiger partial charge in [-0.2, -0.15) is 0 Å². The largest absolute Gasteiger partial charge is 0.495 e. The third-order valence-corrected chi connectivity index (χ3v) is 9.40. The molecule has 0 aliphatic carbocycles. The third kappa shape index (κ3) is 6.80. The highest BCUT2D eigenvalue weighted by Crippen LogP contribution is 2.29. The average molecular weight is 569 g/mol. The first-order valence-corrected chi connectivity index (χ1v) is 15.6. The topological polar surface area (TPSA) is 66.9 Å². The van der Waals surface area contributed by atoms with Gasteiger partial charge in [-0.1, -0.05) is 72.8 Å². The lowest BCUT2D eigenvalue weighted by Gasteiger charge is -2.36. The van der Waals surface area contributed by atoms with Crippen molar-refractivity contribution in [1.82, 2.24) is 4.90 Å². The summed E-state index contributed by atoms with van der Waals surface area (Å²) in [4.78, 5) is 17.7. The number of carbonyl (C=O) groups excluding carboxylic acids is 1. The van der Waals surface area contributed by atoms with Crippen molar-refractivity contribution in [3.8, 4) is 5.75 Å². The molecule has 1 aliphatic rings. The molecule has 1 saturated heterocycles. The third-order valence-electron chi connectivity index (χ3n) is 7.72. The van der Waals surface area contributed by atoms with Crippen molar-refractivity contribution in [3.63, 3.8) is 0 Å². The monoisotopic (exact) mass is 568 g/mol. The standard InChI is InChI=1S/C34H36N2O4S/c1-26-12-19-30(41(38,39)25-29-17-15-28(16-18-29)14-13-27-8-4-3-5-9-27)24-31(26)34(37)36-22-20-35(21-23-36)32-10-6-7-11-33(32)40-2/h3-12,15-19,24H,13-14,20-23,25H2,1-2H3. The van der Waals surface area contributed by atoms with Gasteiger partial charge in [-0.3, -0.25) is 4.79 Å². The van der Waals surface area contributed by atoms with Crippen LogP contribution in [0.3, 0.4) is 0 Å². The molecule has 6 nitrogen and oxygen atoms in total. The minimum absolute atomic E-state index is 0.111. The van der Waals surface area contributed by atoms with Gasteiger partial charge in [0.15, 0.2) is 9.84 Å². The number of methoxy groups -OCH3 is 1. The van der Waals surface area contributed by atoms with Crippen LogP contribution in [-0.4, -0.2) is 52.5 Å². The molecule has 1 fully saturated rings. The smallest absolute Gasteiger partial charge is 0.254 e. The van der Waals surface area contributed by atoms with Gasteiger partial charge in [0, 0.05) is 31.7 Å². The summed E-state index contributed by atoms with van der Waals surface area (Å²) in [6.07, 6.45) is 1.84. The molecule has 0 radical (unpaired) electrons. The number of amides is 1. The van der Waals surface area contributed by atoms with Crippen LogP contribution in [0.5, 0.6) is 5.75 Å². The number of carbonyl (C=O) groups is 1. The molecular weight excluding hydrogens is 532 g/mol. The van der Waals surface area contributed by atoms with E-state index in [1.54, 1.807) is 30.2 Å². The molecule has 0 aromatic heterocycles. The molecule has 0 N–H and O–H groups in total. The number of hydrogen-bond donors (Lipinski definition) is 0. The fraction of sp³-hybridized carbons (Fsp3) is 0.265. The van der Waals surface area contributed by atoms with Gasteiger partial charge in [0.2, 0.25) is 0 Å². The van der Waals surface area contributed by atoms with E-state index in [0.29, 0.717) is 31.7 Å². The van der Waals surface area contributed by atoms with Crippen LogP contribution in [0, 0.1) is 6.92 Å². The first-order valence-electron chi connectivity index (χ1n) is 14.0. The van der Waals surface area contributed by atoms with Crippen molar-refractivity contribution in [3.05, 3.63) is 125 Å². The number of nitrogens with zero attached hydrogens (tertiary/aromatic N) is 2. The Bertz CT molecular complexity index is 1590. The zero-order chi connectivity index (χ0) is 28.8. The highest BCUT2D eigenvalue weighted by atomic mass is 32.2. The molecule has 41 heavy (non-hydrogen) atoms. The number of sulfone groups is 1. The van der Waals surface area contributed by atoms with Gasteiger partial charge >= 0.3 is 0 Å². The van der Waals surface area contributed by atoms with E-state index < -0.39 is 9.84 Å².